The maximum atomic E-state index is 11.8. The zero-order valence-corrected chi connectivity index (χ0v) is 21.5. The summed E-state index contributed by atoms with van der Waals surface area (Å²) in [5.74, 6) is 0. The van der Waals surface area contributed by atoms with E-state index in [1.165, 1.54) is 29.5 Å². The van der Waals surface area contributed by atoms with Gasteiger partial charge in [0.05, 0.1) is 0 Å². The van der Waals surface area contributed by atoms with Crippen molar-refractivity contribution in [2.24, 2.45) is 0 Å². The van der Waals surface area contributed by atoms with Gasteiger partial charge in [0.25, 0.3) is 0 Å². The van der Waals surface area contributed by atoms with Crippen molar-refractivity contribution < 1.29 is 9.53 Å². The molecule has 0 spiro atoms. The molecule has 0 heterocycles. The van der Waals surface area contributed by atoms with E-state index in [1.54, 1.807) is 0 Å². The molecular formula is C28H43N3O2. The van der Waals surface area contributed by atoms with Crippen molar-refractivity contribution in [3.63, 3.8) is 0 Å². The highest BCUT2D eigenvalue weighted by atomic mass is 16.6. The van der Waals surface area contributed by atoms with Crippen molar-refractivity contribution in [1.29, 1.82) is 0 Å². The van der Waals surface area contributed by atoms with E-state index in [2.05, 4.69) is 84.5 Å². The molecule has 0 fully saturated rings. The summed E-state index contributed by atoms with van der Waals surface area (Å²) in [5.41, 5.74) is 4.55. The van der Waals surface area contributed by atoms with Crippen LogP contribution in [0.25, 0.3) is 0 Å². The molecule has 0 aliphatic heterocycles. The molecule has 0 aliphatic rings. The van der Waals surface area contributed by atoms with Crippen molar-refractivity contribution in [2.75, 3.05) is 20.1 Å². The highest BCUT2D eigenvalue weighted by Gasteiger charge is 2.15. The van der Waals surface area contributed by atoms with E-state index in [9.17, 15) is 4.79 Å². The van der Waals surface area contributed by atoms with Gasteiger partial charge in [-0.15, -0.1) is 0 Å². The smallest absolute Gasteiger partial charge is 0.407 e. The van der Waals surface area contributed by atoms with Gasteiger partial charge in [-0.2, -0.15) is 0 Å². The quantitative estimate of drug-likeness (QED) is 0.430. The Kier molecular flexibility index (Phi) is 10.9. The molecule has 33 heavy (non-hydrogen) atoms. The van der Waals surface area contributed by atoms with Gasteiger partial charge in [0.2, 0.25) is 0 Å². The van der Waals surface area contributed by atoms with Gasteiger partial charge in [-0.1, -0.05) is 62.4 Å². The monoisotopic (exact) mass is 453 g/mol. The first-order valence-corrected chi connectivity index (χ1v) is 12.2. The SMILES string of the molecule is CCCN(CCC)Cc1ccc(CN(C)Cc2ccc(CNC(=O)OC(C)(C)C)cc2)cc1. The number of hydrogen-bond donors (Lipinski definition) is 1. The van der Waals surface area contributed by atoms with Crippen LogP contribution in [0.15, 0.2) is 48.5 Å². The molecule has 0 saturated carbocycles. The summed E-state index contributed by atoms with van der Waals surface area (Å²) >= 11 is 0. The van der Waals surface area contributed by atoms with Crippen LogP contribution in [0, 0.1) is 0 Å². The van der Waals surface area contributed by atoms with Crippen molar-refractivity contribution in [3.05, 3.63) is 70.8 Å². The number of carbonyl (C=O) groups excluding carboxylic acids is 1. The summed E-state index contributed by atoms with van der Waals surface area (Å²) in [6.07, 6.45) is 2.01. The minimum atomic E-state index is -0.483. The zero-order valence-electron chi connectivity index (χ0n) is 21.5. The second-order valence-corrected chi connectivity index (χ2v) is 9.94. The third kappa shape index (κ3) is 10.9. The van der Waals surface area contributed by atoms with Gasteiger partial charge >= 0.3 is 6.09 Å². The van der Waals surface area contributed by atoms with Gasteiger partial charge in [0, 0.05) is 26.2 Å². The van der Waals surface area contributed by atoms with Crippen LogP contribution in [0.5, 0.6) is 0 Å². The Balaban J connectivity index is 1.80. The van der Waals surface area contributed by atoms with Crippen LogP contribution in [0.3, 0.4) is 0 Å². The highest BCUT2D eigenvalue weighted by molar-refractivity contribution is 5.67. The average molecular weight is 454 g/mol. The molecule has 0 saturated heterocycles. The molecule has 2 aromatic carbocycles. The van der Waals surface area contributed by atoms with Gasteiger partial charge in [0.1, 0.15) is 5.60 Å². The van der Waals surface area contributed by atoms with Gasteiger partial charge in [-0.3, -0.25) is 9.80 Å². The van der Waals surface area contributed by atoms with Crippen molar-refractivity contribution in [3.8, 4) is 0 Å². The molecule has 0 aromatic heterocycles. The highest BCUT2D eigenvalue weighted by Crippen LogP contribution is 2.13. The van der Waals surface area contributed by atoms with Crippen LogP contribution in [0.1, 0.15) is 69.7 Å². The Labute approximate surface area is 201 Å². The largest absolute Gasteiger partial charge is 0.444 e. The number of hydrogen-bond acceptors (Lipinski definition) is 4. The van der Waals surface area contributed by atoms with Crippen LogP contribution in [0.4, 0.5) is 4.79 Å². The third-order valence-electron chi connectivity index (χ3n) is 5.27. The fraction of sp³-hybridized carbons (Fsp3) is 0.536. The van der Waals surface area contributed by atoms with Crippen molar-refractivity contribution in [1.82, 2.24) is 15.1 Å². The van der Waals surface area contributed by atoms with Gasteiger partial charge in [-0.05, 0) is 76.0 Å². The van der Waals surface area contributed by atoms with E-state index < -0.39 is 5.60 Å². The maximum absolute atomic E-state index is 11.8. The number of carbonyl (C=O) groups is 1. The van der Waals surface area contributed by atoms with Crippen LogP contribution >= 0.6 is 0 Å². The third-order valence-corrected chi connectivity index (χ3v) is 5.27. The molecule has 5 heteroatoms. The minimum Gasteiger partial charge on any atom is -0.444 e. The summed E-state index contributed by atoms with van der Waals surface area (Å²) in [7, 11) is 2.15. The Morgan fingerprint density at radius 2 is 1.21 bits per heavy atom. The number of nitrogens with zero attached hydrogens (tertiary/aromatic N) is 2. The van der Waals surface area contributed by atoms with E-state index in [0.717, 1.165) is 38.3 Å². The molecule has 0 aliphatic carbocycles. The molecule has 2 rings (SSSR count). The topological polar surface area (TPSA) is 44.8 Å². The number of alkyl carbamates (subject to hydrolysis) is 1. The first-order valence-electron chi connectivity index (χ1n) is 12.2. The number of rotatable bonds is 12. The number of ether oxygens (including phenoxy) is 1. The average Bonchev–Trinajstić information content (AvgIpc) is 2.74. The molecule has 1 amide bonds. The van der Waals surface area contributed by atoms with Crippen LogP contribution < -0.4 is 5.32 Å². The summed E-state index contributed by atoms with van der Waals surface area (Å²) in [4.78, 5) is 16.7. The molecule has 5 nitrogen and oxygen atoms in total. The molecule has 2 aromatic rings. The first kappa shape index (κ1) is 26.9. The second-order valence-electron chi connectivity index (χ2n) is 9.94. The van der Waals surface area contributed by atoms with E-state index in [-0.39, 0.29) is 6.09 Å². The van der Waals surface area contributed by atoms with Crippen LogP contribution in [0.2, 0.25) is 0 Å². The van der Waals surface area contributed by atoms with E-state index >= 15 is 0 Å². The van der Waals surface area contributed by atoms with Crippen molar-refractivity contribution >= 4 is 6.09 Å². The lowest BCUT2D eigenvalue weighted by Crippen LogP contribution is -2.32. The summed E-state index contributed by atoms with van der Waals surface area (Å²) in [6.45, 7) is 15.7. The predicted octanol–water partition coefficient (Wildman–Crippen LogP) is 5.97. The molecule has 182 valence electrons. The van der Waals surface area contributed by atoms with Gasteiger partial charge in [0.15, 0.2) is 0 Å². The summed E-state index contributed by atoms with van der Waals surface area (Å²) < 4.78 is 5.28. The number of amides is 1. The normalized spacial score (nSPS) is 11.8. The lowest BCUT2D eigenvalue weighted by Gasteiger charge is -2.21. The second kappa shape index (κ2) is 13.4. The summed E-state index contributed by atoms with van der Waals surface area (Å²) in [6, 6.07) is 17.4. The number of nitrogens with one attached hydrogen (secondary N) is 1. The fourth-order valence-electron chi connectivity index (χ4n) is 3.84. The van der Waals surface area contributed by atoms with Crippen molar-refractivity contribution in [2.45, 2.75) is 79.2 Å². The predicted molar refractivity (Wildman–Crippen MR) is 137 cm³/mol. The molecular weight excluding hydrogens is 410 g/mol. The van der Waals surface area contributed by atoms with Crippen LogP contribution in [-0.4, -0.2) is 41.6 Å². The molecule has 0 atom stereocenters. The maximum Gasteiger partial charge on any atom is 0.407 e. The van der Waals surface area contributed by atoms with E-state index in [4.69, 9.17) is 4.74 Å². The Hall–Kier alpha value is -2.37. The van der Waals surface area contributed by atoms with E-state index in [0.29, 0.717) is 6.54 Å². The van der Waals surface area contributed by atoms with E-state index in [1.807, 2.05) is 20.8 Å². The van der Waals surface area contributed by atoms with Gasteiger partial charge in [-0.25, -0.2) is 4.79 Å². The number of benzene rings is 2. The molecule has 0 radical (unpaired) electrons. The molecule has 1 N–H and O–H groups in total. The summed E-state index contributed by atoms with van der Waals surface area (Å²) in [5, 5.41) is 2.80. The Morgan fingerprint density at radius 3 is 1.64 bits per heavy atom. The lowest BCUT2D eigenvalue weighted by atomic mass is 10.1. The zero-order chi connectivity index (χ0) is 24.3. The first-order chi connectivity index (χ1) is 15.7. The standard InChI is InChI=1S/C28H43N3O2/c1-7-17-31(18-8-2)22-26-15-13-25(14-16-26)21-30(6)20-24-11-9-23(10-12-24)19-29-27(32)33-28(3,4)5/h9-16H,7-8,17-22H2,1-6H3,(H,29,32). The fourth-order valence-corrected chi connectivity index (χ4v) is 3.84. The lowest BCUT2D eigenvalue weighted by molar-refractivity contribution is 0.0523. The molecule has 0 unspecified atom stereocenters. The van der Waals surface area contributed by atoms with Gasteiger partial charge < -0.3 is 10.1 Å². The Morgan fingerprint density at radius 1 is 0.788 bits per heavy atom. The Bertz CT molecular complexity index is 820. The molecule has 0 bridgehead atoms. The van der Waals surface area contributed by atoms with Crippen LogP contribution in [-0.2, 0) is 30.9 Å². The minimum absolute atomic E-state index is 0.388.